The molecule has 0 atom stereocenters. The third-order valence-corrected chi connectivity index (χ3v) is 4.59. The number of hydrogen-bond acceptors (Lipinski definition) is 6. The Morgan fingerprint density at radius 3 is 2.25 bits per heavy atom. The van der Waals surface area contributed by atoms with Crippen LogP contribution in [-0.2, 0) is 16.0 Å². The van der Waals surface area contributed by atoms with Crippen LogP contribution in [0.15, 0.2) is 55.1 Å². The predicted molar refractivity (Wildman–Crippen MR) is 124 cm³/mol. The highest BCUT2D eigenvalue weighted by atomic mass is 16.7. The number of ketones is 1. The van der Waals surface area contributed by atoms with Gasteiger partial charge in [-0.1, -0.05) is 12.1 Å². The fourth-order valence-corrected chi connectivity index (χ4v) is 2.86. The molecule has 0 aromatic heterocycles. The van der Waals surface area contributed by atoms with E-state index in [9.17, 15) is 9.59 Å². The van der Waals surface area contributed by atoms with E-state index in [1.54, 1.807) is 71.4 Å². The van der Waals surface area contributed by atoms with Gasteiger partial charge in [0.25, 0.3) is 0 Å². The summed E-state index contributed by atoms with van der Waals surface area (Å²) in [7, 11) is 3.15. The van der Waals surface area contributed by atoms with E-state index in [4.69, 9.17) is 18.9 Å². The molecule has 170 valence electrons. The van der Waals surface area contributed by atoms with Crippen LogP contribution in [0.5, 0.6) is 17.2 Å². The van der Waals surface area contributed by atoms with Gasteiger partial charge in [-0.15, -0.1) is 6.58 Å². The number of methoxy groups -OCH3 is 2. The second kappa shape index (κ2) is 11.2. The van der Waals surface area contributed by atoms with Crippen molar-refractivity contribution in [2.24, 2.45) is 5.41 Å². The molecule has 0 saturated heterocycles. The van der Waals surface area contributed by atoms with Gasteiger partial charge < -0.3 is 18.9 Å². The van der Waals surface area contributed by atoms with E-state index in [0.717, 1.165) is 5.56 Å². The van der Waals surface area contributed by atoms with E-state index < -0.39 is 5.41 Å². The number of allylic oxidation sites excluding steroid dienone is 2. The summed E-state index contributed by atoms with van der Waals surface area (Å²) in [6, 6.07) is 10.3. The zero-order valence-corrected chi connectivity index (χ0v) is 19.3. The van der Waals surface area contributed by atoms with Crippen molar-refractivity contribution >= 4 is 17.8 Å². The molecule has 0 amide bonds. The lowest BCUT2D eigenvalue weighted by atomic mass is 9.98. The van der Waals surface area contributed by atoms with Gasteiger partial charge in [-0.2, -0.15) is 0 Å². The molecular formula is C26H30O6. The lowest BCUT2D eigenvalue weighted by Crippen LogP contribution is -2.24. The average Bonchev–Trinajstić information content (AvgIpc) is 2.77. The van der Waals surface area contributed by atoms with Crippen LogP contribution in [0.1, 0.15) is 42.3 Å². The normalized spacial score (nSPS) is 11.2. The van der Waals surface area contributed by atoms with Crippen molar-refractivity contribution in [3.63, 3.8) is 0 Å². The zero-order valence-electron chi connectivity index (χ0n) is 19.3. The molecule has 2 aromatic carbocycles. The van der Waals surface area contributed by atoms with Gasteiger partial charge >= 0.3 is 5.97 Å². The van der Waals surface area contributed by atoms with Gasteiger partial charge in [-0.05, 0) is 75.2 Å². The van der Waals surface area contributed by atoms with Crippen molar-refractivity contribution in [2.45, 2.75) is 27.2 Å². The van der Waals surface area contributed by atoms with Crippen LogP contribution in [0, 0.1) is 5.41 Å². The van der Waals surface area contributed by atoms with Crippen LogP contribution < -0.4 is 14.2 Å². The molecule has 0 bridgehead atoms. The van der Waals surface area contributed by atoms with Crippen LogP contribution in [0.2, 0.25) is 0 Å². The van der Waals surface area contributed by atoms with Crippen LogP contribution >= 0.6 is 0 Å². The Balaban J connectivity index is 2.10. The van der Waals surface area contributed by atoms with E-state index in [0.29, 0.717) is 34.8 Å². The Kier molecular flexibility index (Phi) is 8.64. The first-order chi connectivity index (χ1) is 15.2. The maximum atomic E-state index is 12.7. The molecule has 0 aliphatic heterocycles. The number of rotatable bonds is 10. The van der Waals surface area contributed by atoms with Gasteiger partial charge in [0.1, 0.15) is 17.2 Å². The minimum absolute atomic E-state index is 0.186. The molecule has 0 radical (unpaired) electrons. The van der Waals surface area contributed by atoms with Crippen LogP contribution in [0.3, 0.4) is 0 Å². The lowest BCUT2D eigenvalue weighted by molar-refractivity contribution is -0.159. The quantitative estimate of drug-likeness (QED) is 0.166. The van der Waals surface area contributed by atoms with E-state index >= 15 is 0 Å². The first-order valence-corrected chi connectivity index (χ1v) is 10.2. The largest absolute Gasteiger partial charge is 0.496 e. The number of carbonyl (C=O) groups is 2. The van der Waals surface area contributed by atoms with Gasteiger partial charge in [0.05, 0.1) is 25.2 Å². The van der Waals surface area contributed by atoms with Gasteiger partial charge in [0.2, 0.25) is 6.79 Å². The summed E-state index contributed by atoms with van der Waals surface area (Å²) in [5.74, 6) is 1.20. The Morgan fingerprint density at radius 1 is 1.00 bits per heavy atom. The second-order valence-electron chi connectivity index (χ2n) is 8.03. The Bertz CT molecular complexity index is 981. The fourth-order valence-electron chi connectivity index (χ4n) is 2.86. The molecule has 0 spiro atoms. The summed E-state index contributed by atoms with van der Waals surface area (Å²) >= 11 is 0. The summed E-state index contributed by atoms with van der Waals surface area (Å²) in [5.41, 5.74) is 1.52. The molecule has 2 aromatic rings. The van der Waals surface area contributed by atoms with Crippen LogP contribution in [0.25, 0.3) is 6.08 Å². The molecular weight excluding hydrogens is 408 g/mol. The smallest absolute Gasteiger partial charge is 0.314 e. The number of carbonyl (C=O) groups excluding carboxylic acids is 2. The molecule has 32 heavy (non-hydrogen) atoms. The second-order valence-corrected chi connectivity index (χ2v) is 8.03. The van der Waals surface area contributed by atoms with E-state index in [1.807, 2.05) is 12.1 Å². The molecule has 6 heteroatoms. The topological polar surface area (TPSA) is 71.1 Å². The van der Waals surface area contributed by atoms with E-state index in [1.165, 1.54) is 6.08 Å². The summed E-state index contributed by atoms with van der Waals surface area (Å²) in [6.45, 7) is 8.88. The van der Waals surface area contributed by atoms with Gasteiger partial charge in [-0.25, -0.2) is 0 Å². The highest BCUT2D eigenvalue weighted by molar-refractivity contribution is 6.07. The standard InChI is InChI=1S/C26H30O6/c1-7-8-19-11-16-23(29-5)21(24(19)30-6)14-15-22(27)18-9-12-20(13-10-18)31-17-32-25(28)26(2,3)4/h7,9-16H,1,8,17H2,2-6H3. The maximum Gasteiger partial charge on any atom is 0.314 e. The lowest BCUT2D eigenvalue weighted by Gasteiger charge is -2.16. The highest BCUT2D eigenvalue weighted by Gasteiger charge is 2.23. The van der Waals surface area contributed by atoms with Crippen molar-refractivity contribution in [3.8, 4) is 17.2 Å². The van der Waals surface area contributed by atoms with Crippen LogP contribution in [-0.4, -0.2) is 32.8 Å². The zero-order chi connectivity index (χ0) is 23.7. The minimum Gasteiger partial charge on any atom is -0.496 e. The number of esters is 1. The number of benzene rings is 2. The Labute approximate surface area is 189 Å². The molecule has 6 nitrogen and oxygen atoms in total. The maximum absolute atomic E-state index is 12.7. The van der Waals surface area contributed by atoms with Crippen molar-refractivity contribution in [3.05, 3.63) is 71.8 Å². The fraction of sp³-hybridized carbons (Fsp3) is 0.308. The first-order valence-electron chi connectivity index (χ1n) is 10.2. The Hall–Kier alpha value is -3.54. The first kappa shape index (κ1) is 24.7. The van der Waals surface area contributed by atoms with Crippen molar-refractivity contribution < 1.29 is 28.5 Å². The van der Waals surface area contributed by atoms with Crippen molar-refractivity contribution in [1.82, 2.24) is 0 Å². The predicted octanol–water partition coefficient (Wildman–Crippen LogP) is 5.25. The van der Waals surface area contributed by atoms with Crippen molar-refractivity contribution in [2.75, 3.05) is 21.0 Å². The molecule has 0 aliphatic carbocycles. The molecule has 0 heterocycles. The molecule has 0 fully saturated rings. The summed E-state index contributed by atoms with van der Waals surface area (Å²) in [5, 5.41) is 0. The van der Waals surface area contributed by atoms with E-state index in [2.05, 4.69) is 6.58 Å². The summed E-state index contributed by atoms with van der Waals surface area (Å²) in [4.78, 5) is 24.4. The van der Waals surface area contributed by atoms with Gasteiger partial charge in [0.15, 0.2) is 5.78 Å². The van der Waals surface area contributed by atoms with Gasteiger partial charge in [-0.3, -0.25) is 9.59 Å². The average molecular weight is 439 g/mol. The monoisotopic (exact) mass is 438 g/mol. The number of hydrogen-bond donors (Lipinski definition) is 0. The Morgan fingerprint density at radius 2 is 1.69 bits per heavy atom. The SMILES string of the molecule is C=CCc1ccc(OC)c(C=CC(=O)c2ccc(OCOC(=O)C(C)(C)C)cc2)c1OC. The minimum atomic E-state index is -0.595. The third-order valence-electron chi connectivity index (χ3n) is 4.59. The molecule has 0 saturated carbocycles. The summed E-state index contributed by atoms with van der Waals surface area (Å²) in [6.07, 6.45) is 5.58. The summed E-state index contributed by atoms with van der Waals surface area (Å²) < 4.78 is 21.5. The van der Waals surface area contributed by atoms with Gasteiger partial charge in [0, 0.05) is 5.56 Å². The molecule has 0 aliphatic rings. The van der Waals surface area contributed by atoms with Crippen LogP contribution in [0.4, 0.5) is 0 Å². The molecule has 0 unspecified atom stereocenters. The molecule has 0 N–H and O–H groups in total. The number of ether oxygens (including phenoxy) is 4. The van der Waals surface area contributed by atoms with Crippen molar-refractivity contribution in [1.29, 1.82) is 0 Å². The third kappa shape index (κ3) is 6.48. The molecule has 2 rings (SSSR count). The van der Waals surface area contributed by atoms with E-state index in [-0.39, 0.29) is 18.5 Å². The highest BCUT2D eigenvalue weighted by Crippen LogP contribution is 2.34.